The number of carbonyl (C=O) groups is 2. The first-order chi connectivity index (χ1) is 12.6. The van der Waals surface area contributed by atoms with Crippen molar-refractivity contribution >= 4 is 45.1 Å². The van der Waals surface area contributed by atoms with E-state index in [0.29, 0.717) is 17.2 Å². The van der Waals surface area contributed by atoms with Crippen molar-refractivity contribution < 1.29 is 14.3 Å². The largest absolute Gasteiger partial charge is 0.494 e. The zero-order valence-corrected chi connectivity index (χ0v) is 16.7. The van der Waals surface area contributed by atoms with E-state index in [-0.39, 0.29) is 17.6 Å². The van der Waals surface area contributed by atoms with Crippen LogP contribution in [0.25, 0.3) is 10.2 Å². The van der Waals surface area contributed by atoms with Crippen molar-refractivity contribution in [2.75, 3.05) is 31.2 Å². The molecule has 0 saturated carbocycles. The summed E-state index contributed by atoms with van der Waals surface area (Å²) in [7, 11) is 1.90. The van der Waals surface area contributed by atoms with E-state index in [2.05, 4.69) is 4.99 Å². The number of amides is 2. The average Bonchev–Trinajstić information content (AvgIpc) is 3.24. The van der Waals surface area contributed by atoms with Gasteiger partial charge in [0, 0.05) is 20.1 Å². The lowest BCUT2D eigenvalue weighted by Crippen LogP contribution is -2.29. The molecule has 0 unspecified atom stereocenters. The number of hydrogen-bond acceptors (Lipinski definition) is 5. The summed E-state index contributed by atoms with van der Waals surface area (Å²) in [4.78, 5) is 30.9. The van der Waals surface area contributed by atoms with E-state index in [1.54, 1.807) is 0 Å². The van der Waals surface area contributed by atoms with Crippen LogP contribution >= 0.6 is 23.1 Å². The van der Waals surface area contributed by atoms with E-state index < -0.39 is 0 Å². The fourth-order valence-electron chi connectivity index (χ4n) is 2.90. The molecule has 26 heavy (non-hydrogen) atoms. The summed E-state index contributed by atoms with van der Waals surface area (Å²) in [5, 5.41) is 0. The summed E-state index contributed by atoms with van der Waals surface area (Å²) in [5.41, 5.74) is 1.02. The molecule has 6 nitrogen and oxygen atoms in total. The first-order valence-corrected chi connectivity index (χ1v) is 10.7. The lowest BCUT2D eigenvalue weighted by atomic mass is 10.3. The van der Waals surface area contributed by atoms with Crippen molar-refractivity contribution in [2.45, 2.75) is 19.8 Å². The van der Waals surface area contributed by atoms with Gasteiger partial charge in [-0.3, -0.25) is 9.59 Å². The highest BCUT2D eigenvalue weighted by Gasteiger charge is 2.17. The summed E-state index contributed by atoms with van der Waals surface area (Å²) in [6.07, 6.45) is 2.16. The minimum atomic E-state index is -0.212. The Kier molecular flexibility index (Phi) is 6.37. The van der Waals surface area contributed by atoms with Crippen molar-refractivity contribution in [2.24, 2.45) is 12.0 Å². The van der Waals surface area contributed by atoms with Crippen molar-refractivity contribution in [3.05, 3.63) is 23.0 Å². The molecule has 0 atom stereocenters. The predicted octanol–water partition coefficient (Wildman–Crippen LogP) is 2.42. The summed E-state index contributed by atoms with van der Waals surface area (Å²) >= 11 is 2.80. The summed E-state index contributed by atoms with van der Waals surface area (Å²) in [6.45, 7) is 4.26. The zero-order chi connectivity index (χ0) is 18.5. The zero-order valence-electron chi connectivity index (χ0n) is 15.1. The highest BCUT2D eigenvalue weighted by Crippen LogP contribution is 2.22. The molecule has 2 aromatic rings. The normalized spacial score (nSPS) is 15.0. The molecular weight excluding hydrogens is 370 g/mol. The maximum absolute atomic E-state index is 12.2. The second kappa shape index (κ2) is 8.73. The molecule has 0 bridgehead atoms. The Hall–Kier alpha value is -1.80. The van der Waals surface area contributed by atoms with Gasteiger partial charge >= 0.3 is 0 Å². The van der Waals surface area contributed by atoms with E-state index in [9.17, 15) is 9.59 Å². The molecule has 2 amide bonds. The Bertz CT molecular complexity index is 866. The van der Waals surface area contributed by atoms with Gasteiger partial charge in [-0.25, -0.2) is 0 Å². The van der Waals surface area contributed by atoms with Crippen LogP contribution in [0.2, 0.25) is 0 Å². The highest BCUT2D eigenvalue weighted by molar-refractivity contribution is 8.00. The third-order valence-electron chi connectivity index (χ3n) is 4.22. The van der Waals surface area contributed by atoms with Crippen LogP contribution in [0.15, 0.2) is 23.2 Å². The van der Waals surface area contributed by atoms with Gasteiger partial charge in [0.2, 0.25) is 5.91 Å². The van der Waals surface area contributed by atoms with Gasteiger partial charge < -0.3 is 14.2 Å². The summed E-state index contributed by atoms with van der Waals surface area (Å²) in [6, 6.07) is 5.87. The number of aromatic nitrogens is 1. The van der Waals surface area contributed by atoms with Gasteiger partial charge in [0.25, 0.3) is 5.91 Å². The van der Waals surface area contributed by atoms with Crippen LogP contribution in [-0.4, -0.2) is 52.5 Å². The van der Waals surface area contributed by atoms with Crippen molar-refractivity contribution in [3.63, 3.8) is 0 Å². The third kappa shape index (κ3) is 4.48. The first kappa shape index (κ1) is 19.0. The molecule has 0 radical (unpaired) electrons. The van der Waals surface area contributed by atoms with Crippen LogP contribution in [0, 0.1) is 0 Å². The van der Waals surface area contributed by atoms with Gasteiger partial charge in [-0.1, -0.05) is 11.3 Å². The van der Waals surface area contributed by atoms with Gasteiger partial charge in [0.05, 0.1) is 28.3 Å². The van der Waals surface area contributed by atoms with Crippen LogP contribution in [-0.2, 0) is 16.6 Å². The Balaban J connectivity index is 1.63. The number of ether oxygens (including phenoxy) is 1. The number of hydrogen-bond donors (Lipinski definition) is 0. The minimum Gasteiger partial charge on any atom is -0.494 e. The van der Waals surface area contributed by atoms with E-state index in [0.717, 1.165) is 41.9 Å². The quantitative estimate of drug-likeness (QED) is 0.756. The summed E-state index contributed by atoms with van der Waals surface area (Å²) in [5.74, 6) is 1.29. The number of fused-ring (bicyclic) bond motifs is 1. The molecule has 140 valence electrons. The number of thioether (sulfide) groups is 1. The van der Waals surface area contributed by atoms with Crippen LogP contribution in [0.1, 0.15) is 19.8 Å². The number of likely N-dealkylation sites (tertiary alicyclic amines) is 1. The molecule has 1 aromatic heterocycles. The predicted molar refractivity (Wildman–Crippen MR) is 106 cm³/mol. The number of rotatable bonds is 6. The SMILES string of the molecule is CCOc1ccc2c(c1)sc(=NC(=O)CSCC(=O)N1CCCC1)n2C. The maximum Gasteiger partial charge on any atom is 0.258 e. The van der Waals surface area contributed by atoms with Crippen molar-refractivity contribution in [3.8, 4) is 5.75 Å². The van der Waals surface area contributed by atoms with E-state index >= 15 is 0 Å². The van der Waals surface area contributed by atoms with Gasteiger partial charge in [0.15, 0.2) is 4.80 Å². The Morgan fingerprint density at radius 2 is 2.04 bits per heavy atom. The average molecular weight is 394 g/mol. The molecule has 2 heterocycles. The Morgan fingerprint density at radius 1 is 1.27 bits per heavy atom. The lowest BCUT2D eigenvalue weighted by molar-refractivity contribution is -0.127. The molecular formula is C18H23N3O3S2. The fraction of sp³-hybridized carbons (Fsp3) is 0.500. The molecule has 0 aliphatic carbocycles. The Labute approximate surface area is 160 Å². The van der Waals surface area contributed by atoms with Crippen molar-refractivity contribution in [1.29, 1.82) is 0 Å². The fourth-order valence-corrected chi connectivity index (χ4v) is 4.66. The van der Waals surface area contributed by atoms with Gasteiger partial charge in [-0.05, 0) is 38.0 Å². The van der Waals surface area contributed by atoms with Crippen LogP contribution in [0.4, 0.5) is 0 Å². The van der Waals surface area contributed by atoms with Gasteiger partial charge in [-0.2, -0.15) is 4.99 Å². The molecule has 1 aromatic carbocycles. The molecule has 1 aliphatic heterocycles. The van der Waals surface area contributed by atoms with E-state index in [1.807, 2.05) is 41.6 Å². The smallest absolute Gasteiger partial charge is 0.258 e. The van der Waals surface area contributed by atoms with Gasteiger partial charge in [0.1, 0.15) is 5.75 Å². The standard InChI is InChI=1S/C18H23N3O3S2/c1-3-24-13-6-7-14-15(10-13)26-18(20(14)2)19-16(22)11-25-12-17(23)21-8-4-5-9-21/h6-7,10H,3-5,8-9,11-12H2,1-2H3. The first-order valence-electron chi connectivity index (χ1n) is 8.74. The molecule has 1 saturated heterocycles. The van der Waals surface area contributed by atoms with Crippen LogP contribution in [0.5, 0.6) is 5.75 Å². The van der Waals surface area contributed by atoms with Crippen molar-refractivity contribution in [1.82, 2.24) is 9.47 Å². The number of aryl methyl sites for hydroxylation is 1. The van der Waals surface area contributed by atoms with Gasteiger partial charge in [-0.15, -0.1) is 11.8 Å². The van der Waals surface area contributed by atoms with E-state index in [1.165, 1.54) is 23.1 Å². The monoisotopic (exact) mass is 393 g/mol. The lowest BCUT2D eigenvalue weighted by Gasteiger charge is -2.14. The highest BCUT2D eigenvalue weighted by atomic mass is 32.2. The second-order valence-electron chi connectivity index (χ2n) is 6.09. The van der Waals surface area contributed by atoms with E-state index in [4.69, 9.17) is 4.74 Å². The van der Waals surface area contributed by atoms with Crippen LogP contribution in [0.3, 0.4) is 0 Å². The molecule has 1 aliphatic rings. The molecule has 1 fully saturated rings. The third-order valence-corrected chi connectivity index (χ3v) is 6.22. The minimum absolute atomic E-state index is 0.121. The molecule has 0 spiro atoms. The van der Waals surface area contributed by atoms with Crippen LogP contribution < -0.4 is 9.54 Å². The summed E-state index contributed by atoms with van der Waals surface area (Å²) < 4.78 is 8.46. The number of nitrogens with zero attached hydrogens (tertiary/aromatic N) is 3. The second-order valence-corrected chi connectivity index (χ2v) is 8.09. The number of thiazole rings is 1. The maximum atomic E-state index is 12.2. The number of benzene rings is 1. The molecule has 8 heteroatoms. The number of carbonyl (C=O) groups excluding carboxylic acids is 2. The molecule has 0 N–H and O–H groups in total. The topological polar surface area (TPSA) is 63.9 Å². The Morgan fingerprint density at radius 3 is 2.77 bits per heavy atom. The molecule has 3 rings (SSSR count).